The molecule has 1 heterocycles. The maximum absolute atomic E-state index is 11.9. The Hall–Kier alpha value is -1.88. The number of benzene rings is 1. The van der Waals surface area contributed by atoms with Gasteiger partial charge >= 0.3 is 0 Å². The van der Waals surface area contributed by atoms with Crippen LogP contribution in [0.1, 0.15) is 49.3 Å². The van der Waals surface area contributed by atoms with Gasteiger partial charge in [-0.15, -0.1) is 0 Å². The maximum Gasteiger partial charge on any atom is 0.242 e. The number of nitrogens with one attached hydrogen (secondary N) is 2. The zero-order valence-electron chi connectivity index (χ0n) is 13.3. The predicted octanol–water partition coefficient (Wildman–Crippen LogP) is 1.87. The molecule has 0 aromatic heterocycles. The number of fused-ring (bicyclic) bond motifs is 1. The molecule has 1 aliphatic carbocycles. The number of rotatable bonds is 6. The highest BCUT2D eigenvalue weighted by molar-refractivity contribution is 5.90. The molecule has 1 aromatic carbocycles. The molecule has 0 saturated carbocycles. The fraction of sp³-hybridized carbons (Fsp3) is 0.556. The predicted molar refractivity (Wildman–Crippen MR) is 86.9 cm³/mol. The van der Waals surface area contributed by atoms with Crippen molar-refractivity contribution in [1.82, 2.24) is 10.6 Å². The first kappa shape index (κ1) is 16.0. The molecular formula is C18H24N2O3. The minimum Gasteiger partial charge on any atom is -0.373 e. The van der Waals surface area contributed by atoms with E-state index in [-0.39, 0.29) is 24.0 Å². The molecule has 1 aliphatic heterocycles. The number of aryl methyl sites for hydroxylation is 1. The van der Waals surface area contributed by atoms with Crippen LogP contribution in [0.5, 0.6) is 0 Å². The SMILES string of the molecule is O=C1CC[C@H](C(=O)NCCCOC2CCCc3ccccc32)N1. The van der Waals surface area contributed by atoms with Crippen molar-refractivity contribution in [1.29, 1.82) is 0 Å². The number of carbonyl (C=O) groups excluding carboxylic acids is 2. The normalized spacial score (nSPS) is 23.2. The maximum atomic E-state index is 11.9. The lowest BCUT2D eigenvalue weighted by Crippen LogP contribution is -2.42. The molecule has 0 bridgehead atoms. The standard InChI is InChI=1S/C18H24N2O3/c21-17-10-9-15(20-17)18(22)19-11-4-12-23-16-8-3-6-13-5-1-2-7-14(13)16/h1-2,5,7,15-16H,3-4,6,8-12H2,(H,19,22)(H,20,21)/t15-,16?/m1/s1. The topological polar surface area (TPSA) is 67.4 Å². The fourth-order valence-electron chi connectivity index (χ4n) is 3.33. The molecule has 1 fully saturated rings. The number of hydrogen-bond acceptors (Lipinski definition) is 3. The number of ether oxygens (including phenoxy) is 1. The summed E-state index contributed by atoms with van der Waals surface area (Å²) in [5.74, 6) is -0.122. The molecule has 0 spiro atoms. The second kappa shape index (κ2) is 7.59. The van der Waals surface area contributed by atoms with Crippen LogP contribution in [0.3, 0.4) is 0 Å². The van der Waals surface area contributed by atoms with Gasteiger partial charge in [0.1, 0.15) is 6.04 Å². The van der Waals surface area contributed by atoms with E-state index in [4.69, 9.17) is 4.74 Å². The largest absolute Gasteiger partial charge is 0.373 e. The van der Waals surface area contributed by atoms with Crippen LogP contribution in [-0.4, -0.2) is 31.0 Å². The average molecular weight is 316 g/mol. The van der Waals surface area contributed by atoms with Gasteiger partial charge in [0.25, 0.3) is 0 Å². The second-order valence-corrected chi connectivity index (χ2v) is 6.25. The zero-order valence-corrected chi connectivity index (χ0v) is 13.3. The summed E-state index contributed by atoms with van der Waals surface area (Å²) in [7, 11) is 0. The van der Waals surface area contributed by atoms with Crippen molar-refractivity contribution in [2.75, 3.05) is 13.2 Å². The Labute approximate surface area is 136 Å². The molecule has 2 atom stereocenters. The van der Waals surface area contributed by atoms with E-state index in [1.54, 1.807) is 0 Å². The smallest absolute Gasteiger partial charge is 0.242 e. The summed E-state index contributed by atoms with van der Waals surface area (Å²) in [6.07, 6.45) is 5.38. The summed E-state index contributed by atoms with van der Waals surface area (Å²) < 4.78 is 6.01. The van der Waals surface area contributed by atoms with Crippen LogP contribution in [0, 0.1) is 0 Å². The molecule has 1 saturated heterocycles. The molecule has 1 unspecified atom stereocenters. The van der Waals surface area contributed by atoms with Crippen LogP contribution in [0.4, 0.5) is 0 Å². The Kier molecular flexibility index (Phi) is 5.28. The van der Waals surface area contributed by atoms with Crippen molar-refractivity contribution < 1.29 is 14.3 Å². The lowest BCUT2D eigenvalue weighted by molar-refractivity contribution is -0.125. The van der Waals surface area contributed by atoms with Gasteiger partial charge in [-0.3, -0.25) is 9.59 Å². The van der Waals surface area contributed by atoms with E-state index in [1.165, 1.54) is 17.5 Å². The third-order valence-corrected chi connectivity index (χ3v) is 4.57. The number of carbonyl (C=O) groups is 2. The van der Waals surface area contributed by atoms with E-state index >= 15 is 0 Å². The summed E-state index contributed by atoms with van der Waals surface area (Å²) in [5.41, 5.74) is 2.71. The summed E-state index contributed by atoms with van der Waals surface area (Å²) in [6.45, 7) is 1.22. The summed E-state index contributed by atoms with van der Waals surface area (Å²) in [6, 6.07) is 8.13. The van der Waals surface area contributed by atoms with Crippen LogP contribution in [0.2, 0.25) is 0 Å². The number of amides is 2. The van der Waals surface area contributed by atoms with Crippen LogP contribution in [0.25, 0.3) is 0 Å². The highest BCUT2D eigenvalue weighted by Crippen LogP contribution is 2.32. The Balaban J connectivity index is 1.36. The minimum atomic E-state index is -0.353. The van der Waals surface area contributed by atoms with E-state index in [0.717, 1.165) is 19.3 Å². The molecular weight excluding hydrogens is 292 g/mol. The van der Waals surface area contributed by atoms with Crippen molar-refractivity contribution in [2.45, 2.75) is 50.7 Å². The van der Waals surface area contributed by atoms with Crippen molar-refractivity contribution in [2.24, 2.45) is 0 Å². The van der Waals surface area contributed by atoms with Gasteiger partial charge in [0.05, 0.1) is 6.10 Å². The van der Waals surface area contributed by atoms with Crippen molar-refractivity contribution in [3.63, 3.8) is 0 Å². The summed E-state index contributed by atoms with van der Waals surface area (Å²) >= 11 is 0. The zero-order chi connectivity index (χ0) is 16.1. The van der Waals surface area contributed by atoms with Crippen molar-refractivity contribution >= 4 is 11.8 Å². The quantitative estimate of drug-likeness (QED) is 0.787. The third-order valence-electron chi connectivity index (χ3n) is 4.57. The molecule has 0 radical (unpaired) electrons. The van der Waals surface area contributed by atoms with E-state index in [0.29, 0.717) is 26.0 Å². The van der Waals surface area contributed by atoms with Gasteiger partial charge in [0.15, 0.2) is 0 Å². The molecule has 5 heteroatoms. The molecule has 124 valence electrons. The van der Waals surface area contributed by atoms with Crippen LogP contribution >= 0.6 is 0 Å². The first-order chi connectivity index (χ1) is 11.2. The van der Waals surface area contributed by atoms with Crippen LogP contribution < -0.4 is 10.6 Å². The van der Waals surface area contributed by atoms with Gasteiger partial charge in [0, 0.05) is 19.6 Å². The average Bonchev–Trinajstić information content (AvgIpc) is 3.01. The molecule has 2 aliphatic rings. The first-order valence-electron chi connectivity index (χ1n) is 8.50. The molecule has 1 aromatic rings. The molecule has 2 N–H and O–H groups in total. The van der Waals surface area contributed by atoms with Crippen LogP contribution in [-0.2, 0) is 20.7 Å². The monoisotopic (exact) mass is 316 g/mol. The third kappa shape index (κ3) is 4.10. The van der Waals surface area contributed by atoms with Gasteiger partial charge < -0.3 is 15.4 Å². The number of hydrogen-bond donors (Lipinski definition) is 2. The Morgan fingerprint density at radius 2 is 2.13 bits per heavy atom. The summed E-state index contributed by atoms with van der Waals surface area (Å²) in [5, 5.41) is 5.54. The van der Waals surface area contributed by atoms with E-state index in [1.807, 2.05) is 0 Å². The molecule has 2 amide bonds. The highest BCUT2D eigenvalue weighted by Gasteiger charge is 2.26. The molecule has 5 nitrogen and oxygen atoms in total. The Morgan fingerprint density at radius 3 is 2.96 bits per heavy atom. The molecule has 3 rings (SSSR count). The van der Waals surface area contributed by atoms with Crippen molar-refractivity contribution in [3.05, 3.63) is 35.4 Å². The van der Waals surface area contributed by atoms with Gasteiger partial charge in [-0.05, 0) is 43.2 Å². The summed E-state index contributed by atoms with van der Waals surface area (Å²) in [4.78, 5) is 23.0. The lowest BCUT2D eigenvalue weighted by atomic mass is 9.89. The Morgan fingerprint density at radius 1 is 1.26 bits per heavy atom. The Bertz CT molecular complexity index is 573. The highest BCUT2D eigenvalue weighted by atomic mass is 16.5. The fourth-order valence-corrected chi connectivity index (χ4v) is 3.33. The van der Waals surface area contributed by atoms with Gasteiger partial charge in [0.2, 0.25) is 11.8 Å². The lowest BCUT2D eigenvalue weighted by Gasteiger charge is -2.25. The first-order valence-corrected chi connectivity index (χ1v) is 8.50. The van der Waals surface area contributed by atoms with E-state index in [9.17, 15) is 9.59 Å². The van der Waals surface area contributed by atoms with Gasteiger partial charge in [-0.25, -0.2) is 0 Å². The van der Waals surface area contributed by atoms with E-state index < -0.39 is 0 Å². The minimum absolute atomic E-state index is 0.0375. The second-order valence-electron chi connectivity index (χ2n) is 6.25. The van der Waals surface area contributed by atoms with Crippen LogP contribution in [0.15, 0.2) is 24.3 Å². The van der Waals surface area contributed by atoms with E-state index in [2.05, 4.69) is 34.9 Å². The van der Waals surface area contributed by atoms with Crippen molar-refractivity contribution in [3.8, 4) is 0 Å². The van der Waals surface area contributed by atoms with Gasteiger partial charge in [-0.1, -0.05) is 24.3 Å². The van der Waals surface area contributed by atoms with Gasteiger partial charge in [-0.2, -0.15) is 0 Å². The molecule has 23 heavy (non-hydrogen) atoms.